The third kappa shape index (κ3) is 3.17. The van der Waals surface area contributed by atoms with Crippen molar-refractivity contribution in [3.63, 3.8) is 0 Å². The molecule has 0 spiro atoms. The standard InChI is InChI=1S/C19H32N2O2/c1-14(22)20-19-12-15-9-16(13-19)11-17(10-15)18(19)3-2-4-21-5-7-23-8-6-21/h15-18H,2-13H2,1H3,(H,20,22). The first-order valence-corrected chi connectivity index (χ1v) is 9.73. The third-order valence-electron chi connectivity index (χ3n) is 7.04. The summed E-state index contributed by atoms with van der Waals surface area (Å²) in [6.07, 6.45) is 9.36. The molecular weight excluding hydrogens is 288 g/mol. The van der Waals surface area contributed by atoms with Gasteiger partial charge in [-0.1, -0.05) is 0 Å². The largest absolute Gasteiger partial charge is 0.379 e. The summed E-state index contributed by atoms with van der Waals surface area (Å²) >= 11 is 0. The molecule has 1 amide bonds. The normalized spacial score (nSPS) is 42.8. The van der Waals surface area contributed by atoms with Crippen LogP contribution in [0.5, 0.6) is 0 Å². The number of ether oxygens (including phenoxy) is 1. The molecule has 3 unspecified atom stereocenters. The van der Waals surface area contributed by atoms with E-state index in [1.807, 2.05) is 0 Å². The highest BCUT2D eigenvalue weighted by Crippen LogP contribution is 2.59. The van der Waals surface area contributed by atoms with Crippen LogP contribution in [-0.4, -0.2) is 49.2 Å². The molecule has 1 saturated heterocycles. The van der Waals surface area contributed by atoms with E-state index < -0.39 is 0 Å². The summed E-state index contributed by atoms with van der Waals surface area (Å²) in [5.74, 6) is 3.55. The van der Waals surface area contributed by atoms with E-state index in [1.165, 1.54) is 51.5 Å². The van der Waals surface area contributed by atoms with Crippen molar-refractivity contribution in [1.29, 1.82) is 0 Å². The molecule has 1 heterocycles. The Labute approximate surface area is 140 Å². The van der Waals surface area contributed by atoms with Crippen LogP contribution in [0.15, 0.2) is 0 Å². The van der Waals surface area contributed by atoms with Crippen LogP contribution in [0.25, 0.3) is 0 Å². The Hall–Kier alpha value is -0.610. The molecule has 3 atom stereocenters. The average Bonchev–Trinajstić information content (AvgIpc) is 2.49. The first-order chi connectivity index (χ1) is 11.1. The molecule has 0 aromatic carbocycles. The maximum absolute atomic E-state index is 11.9. The van der Waals surface area contributed by atoms with Crippen LogP contribution >= 0.6 is 0 Å². The number of amides is 1. The Balaban J connectivity index is 1.39. The zero-order valence-electron chi connectivity index (χ0n) is 14.6. The van der Waals surface area contributed by atoms with E-state index in [0.717, 1.165) is 50.0 Å². The highest BCUT2D eigenvalue weighted by Gasteiger charge is 2.56. The topological polar surface area (TPSA) is 41.6 Å². The minimum absolute atomic E-state index is 0.144. The second-order valence-electron chi connectivity index (χ2n) is 8.65. The lowest BCUT2D eigenvalue weighted by molar-refractivity contribution is -0.130. The van der Waals surface area contributed by atoms with Crippen LogP contribution in [-0.2, 0) is 9.53 Å². The summed E-state index contributed by atoms with van der Waals surface area (Å²) < 4.78 is 5.44. The number of carbonyl (C=O) groups excluding carboxylic acids is 1. The first-order valence-electron chi connectivity index (χ1n) is 9.73. The Morgan fingerprint density at radius 3 is 2.52 bits per heavy atom. The van der Waals surface area contributed by atoms with E-state index in [4.69, 9.17) is 4.74 Å². The van der Waals surface area contributed by atoms with Crippen molar-refractivity contribution in [1.82, 2.24) is 10.2 Å². The molecule has 130 valence electrons. The fourth-order valence-corrected chi connectivity index (χ4v) is 6.56. The Bertz CT molecular complexity index is 433. The summed E-state index contributed by atoms with van der Waals surface area (Å²) in [5, 5.41) is 3.45. The zero-order chi connectivity index (χ0) is 15.9. The van der Waals surface area contributed by atoms with Gasteiger partial charge in [-0.2, -0.15) is 0 Å². The number of carbonyl (C=O) groups is 1. The number of hydrogen-bond donors (Lipinski definition) is 1. The molecule has 4 aliphatic carbocycles. The van der Waals surface area contributed by atoms with Crippen molar-refractivity contribution < 1.29 is 9.53 Å². The van der Waals surface area contributed by atoms with E-state index in [0.29, 0.717) is 0 Å². The van der Waals surface area contributed by atoms with Crippen LogP contribution in [0.4, 0.5) is 0 Å². The van der Waals surface area contributed by atoms with Crippen molar-refractivity contribution >= 4 is 5.91 Å². The monoisotopic (exact) mass is 320 g/mol. The SMILES string of the molecule is CC(=O)NC12CC3CC(CC(C3)C1CCCN1CCOCC1)C2. The number of morpholine rings is 1. The molecule has 23 heavy (non-hydrogen) atoms. The first kappa shape index (κ1) is 15.9. The predicted molar refractivity (Wildman–Crippen MR) is 90.1 cm³/mol. The summed E-state index contributed by atoms with van der Waals surface area (Å²) in [6, 6.07) is 0. The number of hydrogen-bond acceptors (Lipinski definition) is 3. The quantitative estimate of drug-likeness (QED) is 0.846. The number of rotatable bonds is 5. The predicted octanol–water partition coefficient (Wildman–Crippen LogP) is 2.43. The van der Waals surface area contributed by atoms with Gasteiger partial charge in [-0.15, -0.1) is 0 Å². The molecule has 4 heteroatoms. The van der Waals surface area contributed by atoms with E-state index in [-0.39, 0.29) is 11.4 Å². The molecule has 4 nitrogen and oxygen atoms in total. The van der Waals surface area contributed by atoms with Gasteiger partial charge in [0.15, 0.2) is 0 Å². The van der Waals surface area contributed by atoms with E-state index in [2.05, 4.69) is 10.2 Å². The Morgan fingerprint density at radius 2 is 1.87 bits per heavy atom. The summed E-state index contributed by atoms with van der Waals surface area (Å²) in [7, 11) is 0. The van der Waals surface area contributed by atoms with E-state index in [1.54, 1.807) is 6.92 Å². The van der Waals surface area contributed by atoms with Gasteiger partial charge >= 0.3 is 0 Å². The molecule has 0 radical (unpaired) electrons. The van der Waals surface area contributed by atoms with Gasteiger partial charge in [0, 0.05) is 25.6 Å². The van der Waals surface area contributed by atoms with Crippen molar-refractivity contribution in [3.05, 3.63) is 0 Å². The fourth-order valence-electron chi connectivity index (χ4n) is 6.56. The summed E-state index contributed by atoms with van der Waals surface area (Å²) in [6.45, 7) is 6.89. The van der Waals surface area contributed by atoms with E-state index >= 15 is 0 Å². The van der Waals surface area contributed by atoms with Crippen molar-refractivity contribution in [2.24, 2.45) is 23.7 Å². The molecule has 5 fully saturated rings. The smallest absolute Gasteiger partial charge is 0.217 e. The second-order valence-corrected chi connectivity index (χ2v) is 8.65. The average molecular weight is 320 g/mol. The van der Waals surface area contributed by atoms with Gasteiger partial charge in [-0.3, -0.25) is 9.69 Å². The molecule has 1 aliphatic heterocycles. The van der Waals surface area contributed by atoms with Crippen LogP contribution in [0.3, 0.4) is 0 Å². The highest BCUT2D eigenvalue weighted by molar-refractivity contribution is 5.74. The number of nitrogens with one attached hydrogen (secondary N) is 1. The van der Waals surface area contributed by atoms with Gasteiger partial charge in [0.2, 0.25) is 5.91 Å². The maximum Gasteiger partial charge on any atom is 0.217 e. The maximum atomic E-state index is 11.9. The van der Waals surface area contributed by atoms with Gasteiger partial charge in [-0.25, -0.2) is 0 Å². The minimum Gasteiger partial charge on any atom is -0.379 e. The van der Waals surface area contributed by atoms with Gasteiger partial charge in [0.05, 0.1) is 13.2 Å². The second kappa shape index (κ2) is 6.36. The minimum atomic E-state index is 0.144. The molecule has 4 saturated carbocycles. The zero-order valence-corrected chi connectivity index (χ0v) is 14.6. The Morgan fingerprint density at radius 1 is 1.17 bits per heavy atom. The van der Waals surface area contributed by atoms with Crippen LogP contribution < -0.4 is 5.32 Å². The van der Waals surface area contributed by atoms with Gasteiger partial charge in [0.1, 0.15) is 0 Å². The molecular formula is C19H32N2O2. The highest BCUT2D eigenvalue weighted by atomic mass is 16.5. The molecule has 0 aromatic rings. The van der Waals surface area contributed by atoms with Gasteiger partial charge in [-0.05, 0) is 75.2 Å². The fraction of sp³-hybridized carbons (Fsp3) is 0.947. The van der Waals surface area contributed by atoms with Crippen molar-refractivity contribution in [3.8, 4) is 0 Å². The molecule has 0 aromatic heterocycles. The molecule has 1 N–H and O–H groups in total. The van der Waals surface area contributed by atoms with Crippen molar-refractivity contribution in [2.75, 3.05) is 32.8 Å². The summed E-state index contributed by atoms with van der Waals surface area (Å²) in [5.41, 5.74) is 0.144. The van der Waals surface area contributed by atoms with Crippen LogP contribution in [0.2, 0.25) is 0 Å². The lowest BCUT2D eigenvalue weighted by Crippen LogP contribution is -2.65. The van der Waals surface area contributed by atoms with Crippen LogP contribution in [0.1, 0.15) is 51.9 Å². The van der Waals surface area contributed by atoms with Gasteiger partial charge < -0.3 is 10.1 Å². The summed E-state index contributed by atoms with van der Waals surface area (Å²) in [4.78, 5) is 14.4. The molecule has 5 rings (SSSR count). The molecule has 4 bridgehead atoms. The third-order valence-corrected chi connectivity index (χ3v) is 7.04. The Kier molecular flexibility index (Phi) is 4.39. The van der Waals surface area contributed by atoms with Gasteiger partial charge in [0.25, 0.3) is 0 Å². The van der Waals surface area contributed by atoms with Crippen molar-refractivity contribution in [2.45, 2.75) is 57.4 Å². The lowest BCUT2D eigenvalue weighted by atomic mass is 9.47. The van der Waals surface area contributed by atoms with Crippen LogP contribution in [0, 0.1) is 23.7 Å². The number of nitrogens with zero attached hydrogens (tertiary/aromatic N) is 1. The molecule has 5 aliphatic rings. The lowest BCUT2D eigenvalue weighted by Gasteiger charge is -2.61. The van der Waals surface area contributed by atoms with E-state index in [9.17, 15) is 4.79 Å².